The third-order valence-electron chi connectivity index (χ3n) is 2.95. The summed E-state index contributed by atoms with van der Waals surface area (Å²) < 4.78 is 0. The highest BCUT2D eigenvalue weighted by atomic mass is 35.5. The third-order valence-corrected chi connectivity index (χ3v) is 3.37. The van der Waals surface area contributed by atoms with Crippen LogP contribution in [0.3, 0.4) is 0 Å². The molecule has 4 heteroatoms. The SMILES string of the molecule is CN(C)CC=Nc1cnc2c(c1Cl)CCCC2. The Balaban J connectivity index is 2.21. The van der Waals surface area contributed by atoms with Gasteiger partial charge in [0, 0.05) is 18.5 Å². The molecule has 0 saturated carbocycles. The number of halogens is 1. The Hall–Kier alpha value is -0.930. The molecule has 1 aliphatic rings. The maximum atomic E-state index is 6.37. The van der Waals surface area contributed by atoms with Crippen LogP contribution in [0.1, 0.15) is 24.1 Å². The quantitative estimate of drug-likeness (QED) is 0.773. The summed E-state index contributed by atoms with van der Waals surface area (Å²) in [5, 5.41) is 0.796. The van der Waals surface area contributed by atoms with Crippen LogP contribution in [0.15, 0.2) is 11.2 Å². The highest BCUT2D eigenvalue weighted by molar-refractivity contribution is 6.33. The maximum absolute atomic E-state index is 6.37. The van der Waals surface area contributed by atoms with Crippen LogP contribution < -0.4 is 0 Å². The molecule has 1 aromatic rings. The topological polar surface area (TPSA) is 28.5 Å². The molecule has 92 valence electrons. The first-order valence-electron chi connectivity index (χ1n) is 6.02. The molecule has 0 atom stereocenters. The van der Waals surface area contributed by atoms with Gasteiger partial charge < -0.3 is 4.90 Å². The molecular weight excluding hydrogens is 234 g/mol. The lowest BCUT2D eigenvalue weighted by atomic mass is 9.96. The van der Waals surface area contributed by atoms with Crippen molar-refractivity contribution in [2.75, 3.05) is 20.6 Å². The summed E-state index contributed by atoms with van der Waals surface area (Å²) in [6.07, 6.45) is 8.19. The number of hydrogen-bond acceptors (Lipinski definition) is 3. The molecule has 0 N–H and O–H groups in total. The van der Waals surface area contributed by atoms with E-state index in [1.54, 1.807) is 6.20 Å². The van der Waals surface area contributed by atoms with Gasteiger partial charge in [0.25, 0.3) is 0 Å². The van der Waals surface area contributed by atoms with Crippen molar-refractivity contribution in [3.63, 3.8) is 0 Å². The van der Waals surface area contributed by atoms with Crippen LogP contribution in [0.2, 0.25) is 5.02 Å². The molecule has 0 radical (unpaired) electrons. The summed E-state index contributed by atoms with van der Waals surface area (Å²) >= 11 is 6.37. The molecule has 0 spiro atoms. The Morgan fingerprint density at radius 1 is 1.41 bits per heavy atom. The summed E-state index contributed by atoms with van der Waals surface area (Å²) in [5.74, 6) is 0. The summed E-state index contributed by atoms with van der Waals surface area (Å²) in [6, 6.07) is 0. The van der Waals surface area contributed by atoms with Crippen LogP contribution in [-0.4, -0.2) is 36.7 Å². The summed E-state index contributed by atoms with van der Waals surface area (Å²) in [7, 11) is 4.03. The van der Waals surface area contributed by atoms with E-state index in [2.05, 4.69) is 14.9 Å². The molecule has 0 bridgehead atoms. The third kappa shape index (κ3) is 3.05. The Labute approximate surface area is 108 Å². The number of nitrogens with zero attached hydrogens (tertiary/aromatic N) is 3. The van der Waals surface area contributed by atoms with E-state index in [0.29, 0.717) is 0 Å². The molecule has 17 heavy (non-hydrogen) atoms. The van der Waals surface area contributed by atoms with Crippen LogP contribution in [0.5, 0.6) is 0 Å². The van der Waals surface area contributed by atoms with E-state index in [1.807, 2.05) is 20.3 Å². The molecule has 3 nitrogen and oxygen atoms in total. The highest BCUT2D eigenvalue weighted by Gasteiger charge is 2.15. The molecule has 2 rings (SSSR count). The van der Waals surface area contributed by atoms with Gasteiger partial charge in [-0.1, -0.05) is 11.6 Å². The Morgan fingerprint density at radius 3 is 2.94 bits per heavy atom. The fraction of sp³-hybridized carbons (Fsp3) is 0.538. The first kappa shape index (κ1) is 12.5. The van der Waals surface area contributed by atoms with E-state index in [1.165, 1.54) is 18.4 Å². The van der Waals surface area contributed by atoms with Gasteiger partial charge in [-0.3, -0.25) is 9.98 Å². The fourth-order valence-corrected chi connectivity index (χ4v) is 2.31. The fourth-order valence-electron chi connectivity index (χ4n) is 2.01. The van der Waals surface area contributed by atoms with Gasteiger partial charge >= 0.3 is 0 Å². The molecule has 0 fully saturated rings. The number of fused-ring (bicyclic) bond motifs is 1. The zero-order valence-electron chi connectivity index (χ0n) is 10.4. The van der Waals surface area contributed by atoms with Crippen molar-refractivity contribution in [1.29, 1.82) is 0 Å². The van der Waals surface area contributed by atoms with E-state index in [9.17, 15) is 0 Å². The van der Waals surface area contributed by atoms with Crippen molar-refractivity contribution in [1.82, 2.24) is 9.88 Å². The normalized spacial score (nSPS) is 15.5. The lowest BCUT2D eigenvalue weighted by Gasteiger charge is -2.16. The first-order chi connectivity index (χ1) is 8.18. The zero-order chi connectivity index (χ0) is 12.3. The van der Waals surface area contributed by atoms with E-state index in [0.717, 1.165) is 35.8 Å². The second kappa shape index (κ2) is 5.61. The standard InChI is InChI=1S/C13H18ClN3/c1-17(2)8-7-15-12-9-16-11-6-4-3-5-10(11)13(12)14/h7,9H,3-6,8H2,1-2H3. The van der Waals surface area contributed by atoms with Crippen molar-refractivity contribution < 1.29 is 0 Å². The molecule has 0 amide bonds. The van der Waals surface area contributed by atoms with Gasteiger partial charge in [-0.15, -0.1) is 0 Å². The predicted octanol–water partition coefficient (Wildman–Crippen LogP) is 2.88. The largest absolute Gasteiger partial charge is 0.304 e. The smallest absolute Gasteiger partial charge is 0.0998 e. The molecule has 1 aromatic heterocycles. The van der Waals surface area contributed by atoms with Gasteiger partial charge in [-0.2, -0.15) is 0 Å². The number of aromatic nitrogens is 1. The van der Waals surface area contributed by atoms with Gasteiger partial charge in [0.05, 0.1) is 16.9 Å². The van der Waals surface area contributed by atoms with Crippen LogP contribution >= 0.6 is 11.6 Å². The van der Waals surface area contributed by atoms with Gasteiger partial charge in [-0.25, -0.2) is 0 Å². The van der Waals surface area contributed by atoms with Crippen molar-refractivity contribution >= 4 is 23.5 Å². The molecule has 1 aliphatic carbocycles. The van der Waals surface area contributed by atoms with Crippen LogP contribution in [-0.2, 0) is 12.8 Å². The molecule has 0 aliphatic heterocycles. The van der Waals surface area contributed by atoms with Crippen LogP contribution in [0.25, 0.3) is 0 Å². The number of rotatable bonds is 3. The Kier molecular flexibility index (Phi) is 4.13. The van der Waals surface area contributed by atoms with Crippen molar-refractivity contribution in [2.24, 2.45) is 4.99 Å². The maximum Gasteiger partial charge on any atom is 0.0998 e. The van der Waals surface area contributed by atoms with Crippen LogP contribution in [0, 0.1) is 0 Å². The second-order valence-corrected chi connectivity index (χ2v) is 5.04. The molecule has 0 aromatic carbocycles. The summed E-state index contributed by atoms with van der Waals surface area (Å²) in [6.45, 7) is 0.813. The van der Waals surface area contributed by atoms with E-state index in [-0.39, 0.29) is 0 Å². The number of aliphatic imine (C=N–C) groups is 1. The number of hydrogen-bond donors (Lipinski definition) is 0. The van der Waals surface area contributed by atoms with Crippen LogP contribution in [0.4, 0.5) is 5.69 Å². The van der Waals surface area contributed by atoms with Crippen molar-refractivity contribution in [3.8, 4) is 0 Å². The highest BCUT2D eigenvalue weighted by Crippen LogP contribution is 2.33. The molecule has 1 heterocycles. The lowest BCUT2D eigenvalue weighted by molar-refractivity contribution is 0.473. The van der Waals surface area contributed by atoms with Crippen molar-refractivity contribution in [3.05, 3.63) is 22.5 Å². The van der Waals surface area contributed by atoms with E-state index in [4.69, 9.17) is 11.6 Å². The van der Waals surface area contributed by atoms with E-state index >= 15 is 0 Å². The number of pyridine rings is 1. The molecule has 0 unspecified atom stereocenters. The van der Waals surface area contributed by atoms with Gasteiger partial charge in [-0.05, 0) is 45.3 Å². The zero-order valence-corrected chi connectivity index (χ0v) is 11.2. The minimum Gasteiger partial charge on any atom is -0.304 e. The average molecular weight is 252 g/mol. The summed E-state index contributed by atoms with van der Waals surface area (Å²) in [4.78, 5) is 10.9. The lowest BCUT2D eigenvalue weighted by Crippen LogP contribution is -2.13. The van der Waals surface area contributed by atoms with Gasteiger partial charge in [0.2, 0.25) is 0 Å². The average Bonchev–Trinajstić information content (AvgIpc) is 2.32. The Morgan fingerprint density at radius 2 is 2.18 bits per heavy atom. The van der Waals surface area contributed by atoms with Gasteiger partial charge in [0.15, 0.2) is 0 Å². The predicted molar refractivity (Wildman–Crippen MR) is 72.6 cm³/mol. The Bertz CT molecular complexity index is 427. The number of aryl methyl sites for hydroxylation is 1. The minimum atomic E-state index is 0.796. The van der Waals surface area contributed by atoms with Crippen molar-refractivity contribution in [2.45, 2.75) is 25.7 Å². The summed E-state index contributed by atoms with van der Waals surface area (Å²) in [5.41, 5.74) is 3.17. The molecule has 0 saturated heterocycles. The monoisotopic (exact) mass is 251 g/mol. The van der Waals surface area contributed by atoms with E-state index < -0.39 is 0 Å². The first-order valence-corrected chi connectivity index (χ1v) is 6.40. The van der Waals surface area contributed by atoms with Gasteiger partial charge in [0.1, 0.15) is 0 Å². The minimum absolute atomic E-state index is 0.796. The second-order valence-electron chi connectivity index (χ2n) is 4.66. The molecular formula is C13H18ClN3.